The molecule has 0 saturated heterocycles. The molecule has 0 radical (unpaired) electrons. The Morgan fingerprint density at radius 3 is 2.59 bits per heavy atom. The van der Waals surface area contributed by atoms with Gasteiger partial charge in [0.1, 0.15) is 0 Å². The van der Waals surface area contributed by atoms with Gasteiger partial charge in [0.2, 0.25) is 5.89 Å². The number of nitrogens with two attached hydrogens (primary N) is 1. The van der Waals surface area contributed by atoms with Crippen LogP contribution in [0.3, 0.4) is 0 Å². The molecule has 0 atom stereocenters. The summed E-state index contributed by atoms with van der Waals surface area (Å²) in [5.74, 6) is 0.556. The lowest BCUT2D eigenvalue weighted by atomic mass is 10.2. The molecule has 2 aromatic rings. The lowest BCUT2D eigenvalue weighted by Crippen LogP contribution is -2.06. The number of rotatable bonds is 4. The van der Waals surface area contributed by atoms with Crippen molar-refractivity contribution in [3.8, 4) is 0 Å². The number of hydrogen-bond donors (Lipinski definition) is 2. The summed E-state index contributed by atoms with van der Waals surface area (Å²) in [6, 6.07) is 3.28. The summed E-state index contributed by atoms with van der Waals surface area (Å²) in [5, 5.41) is 7.58. The Hall–Kier alpha value is -1.46. The van der Waals surface area contributed by atoms with Crippen LogP contribution in [0.25, 0.3) is 0 Å². The van der Waals surface area contributed by atoms with Crippen LogP contribution in [0.15, 0.2) is 23.0 Å². The molecule has 1 aromatic heterocycles. The third-order valence-electron chi connectivity index (χ3n) is 2.11. The molecule has 3 N–H and O–H groups in total. The van der Waals surface area contributed by atoms with Gasteiger partial charge in [-0.1, -0.05) is 28.4 Å². The predicted octanol–water partition coefficient (Wildman–Crippen LogP) is 2.61. The zero-order valence-corrected chi connectivity index (χ0v) is 10.3. The van der Waals surface area contributed by atoms with Gasteiger partial charge in [0, 0.05) is 18.7 Å². The van der Waals surface area contributed by atoms with Crippen LogP contribution in [0.5, 0.6) is 0 Å². The van der Waals surface area contributed by atoms with Gasteiger partial charge in [-0.3, -0.25) is 0 Å². The Labute approximate surface area is 108 Å². The Morgan fingerprint density at radius 2 is 2.00 bits per heavy atom. The number of halogens is 2. The quantitative estimate of drug-likeness (QED) is 0.837. The van der Waals surface area contributed by atoms with E-state index in [2.05, 4.69) is 15.5 Å². The van der Waals surface area contributed by atoms with Gasteiger partial charge in [0.05, 0.1) is 15.7 Å². The van der Waals surface area contributed by atoms with E-state index in [1.165, 1.54) is 6.33 Å². The van der Waals surface area contributed by atoms with Crippen LogP contribution >= 0.6 is 23.2 Å². The van der Waals surface area contributed by atoms with Crippen LogP contribution in [0.2, 0.25) is 10.0 Å². The van der Waals surface area contributed by atoms with Crippen molar-refractivity contribution in [3.63, 3.8) is 0 Å². The molecule has 5 nitrogen and oxygen atoms in total. The molecule has 0 aliphatic rings. The number of benzene rings is 1. The van der Waals surface area contributed by atoms with Crippen LogP contribution in [-0.2, 0) is 6.42 Å². The summed E-state index contributed by atoms with van der Waals surface area (Å²) in [6.07, 6.45) is 1.95. The van der Waals surface area contributed by atoms with E-state index in [9.17, 15) is 0 Å². The summed E-state index contributed by atoms with van der Waals surface area (Å²) < 4.78 is 4.86. The Kier molecular flexibility index (Phi) is 3.71. The molecular formula is C10H10Cl2N4O. The second kappa shape index (κ2) is 5.25. The van der Waals surface area contributed by atoms with Crippen molar-refractivity contribution in [2.24, 2.45) is 0 Å². The van der Waals surface area contributed by atoms with Gasteiger partial charge in [0.25, 0.3) is 0 Å². The average Bonchev–Trinajstić information content (AvgIpc) is 2.74. The average molecular weight is 273 g/mol. The normalized spacial score (nSPS) is 10.5. The van der Waals surface area contributed by atoms with Crippen LogP contribution in [-0.4, -0.2) is 16.7 Å². The fourth-order valence-electron chi connectivity index (χ4n) is 1.36. The highest BCUT2D eigenvalue weighted by Gasteiger charge is 2.07. The molecule has 0 aliphatic carbocycles. The minimum absolute atomic E-state index is 0.487. The SMILES string of the molecule is Nc1cc(Cl)c(NCCc2ncno2)c(Cl)c1. The molecule has 0 saturated carbocycles. The Morgan fingerprint density at radius 1 is 1.29 bits per heavy atom. The first-order valence-corrected chi connectivity index (χ1v) is 5.66. The van der Waals surface area contributed by atoms with E-state index in [1.807, 2.05) is 0 Å². The van der Waals surface area contributed by atoms with Crippen molar-refractivity contribution in [1.82, 2.24) is 10.1 Å². The third-order valence-corrected chi connectivity index (χ3v) is 2.71. The zero-order chi connectivity index (χ0) is 12.3. The number of aromatic nitrogens is 2. The number of nitrogens with zero attached hydrogens (tertiary/aromatic N) is 2. The third kappa shape index (κ3) is 3.01. The second-order valence-corrected chi connectivity index (χ2v) is 4.19. The zero-order valence-electron chi connectivity index (χ0n) is 8.78. The van der Waals surface area contributed by atoms with E-state index in [4.69, 9.17) is 33.5 Å². The van der Waals surface area contributed by atoms with E-state index < -0.39 is 0 Å². The highest BCUT2D eigenvalue weighted by Crippen LogP contribution is 2.32. The monoisotopic (exact) mass is 272 g/mol. The molecule has 2 rings (SSSR count). The molecular weight excluding hydrogens is 263 g/mol. The number of nitrogens with one attached hydrogen (secondary N) is 1. The van der Waals surface area contributed by atoms with Gasteiger partial charge >= 0.3 is 0 Å². The minimum atomic E-state index is 0.487. The van der Waals surface area contributed by atoms with Crippen LogP contribution < -0.4 is 11.1 Å². The summed E-state index contributed by atoms with van der Waals surface area (Å²) in [5.41, 5.74) is 6.79. The van der Waals surface area contributed by atoms with Gasteiger partial charge in [0.15, 0.2) is 6.33 Å². The first-order valence-electron chi connectivity index (χ1n) is 4.91. The number of anilines is 2. The van der Waals surface area contributed by atoms with E-state index in [-0.39, 0.29) is 0 Å². The van der Waals surface area contributed by atoms with Gasteiger partial charge < -0.3 is 15.6 Å². The molecule has 17 heavy (non-hydrogen) atoms. The van der Waals surface area contributed by atoms with Crippen molar-refractivity contribution in [2.45, 2.75) is 6.42 Å². The van der Waals surface area contributed by atoms with Crippen molar-refractivity contribution in [1.29, 1.82) is 0 Å². The lowest BCUT2D eigenvalue weighted by Gasteiger charge is -2.10. The number of hydrogen-bond acceptors (Lipinski definition) is 5. The molecule has 0 spiro atoms. The molecule has 0 fully saturated rings. The maximum absolute atomic E-state index is 6.02. The molecule has 0 aliphatic heterocycles. The molecule has 0 bridgehead atoms. The van der Waals surface area contributed by atoms with E-state index >= 15 is 0 Å². The largest absolute Gasteiger partial charge is 0.399 e. The van der Waals surface area contributed by atoms with Crippen molar-refractivity contribution >= 4 is 34.6 Å². The van der Waals surface area contributed by atoms with Crippen LogP contribution in [0.4, 0.5) is 11.4 Å². The topological polar surface area (TPSA) is 77.0 Å². The maximum atomic E-state index is 6.02. The smallest absolute Gasteiger partial charge is 0.228 e. The fourth-order valence-corrected chi connectivity index (χ4v) is 2.00. The van der Waals surface area contributed by atoms with Crippen LogP contribution in [0, 0.1) is 0 Å². The standard InChI is InChI=1S/C10H10Cl2N4O/c11-7-3-6(13)4-8(12)10(7)14-2-1-9-15-5-16-17-9/h3-5,14H,1-2,13H2. The Bertz CT molecular complexity index is 478. The molecule has 1 aromatic carbocycles. The highest BCUT2D eigenvalue weighted by atomic mass is 35.5. The molecule has 1 heterocycles. The number of nitrogen functional groups attached to an aromatic ring is 1. The van der Waals surface area contributed by atoms with E-state index in [1.54, 1.807) is 12.1 Å². The minimum Gasteiger partial charge on any atom is -0.399 e. The molecule has 0 unspecified atom stereocenters. The van der Waals surface area contributed by atoms with E-state index in [0.29, 0.717) is 40.3 Å². The maximum Gasteiger partial charge on any atom is 0.228 e. The van der Waals surface area contributed by atoms with Crippen LogP contribution in [0.1, 0.15) is 5.89 Å². The summed E-state index contributed by atoms with van der Waals surface area (Å²) >= 11 is 12.0. The first kappa shape index (κ1) is 12.0. The predicted molar refractivity (Wildman–Crippen MR) is 67.4 cm³/mol. The lowest BCUT2D eigenvalue weighted by molar-refractivity contribution is 0.380. The van der Waals surface area contributed by atoms with Crippen molar-refractivity contribution < 1.29 is 4.52 Å². The fraction of sp³-hybridized carbons (Fsp3) is 0.200. The molecule has 0 amide bonds. The molecule has 90 valence electrons. The van der Waals surface area contributed by atoms with Gasteiger partial charge in [-0.25, -0.2) is 0 Å². The molecule has 7 heteroatoms. The highest BCUT2D eigenvalue weighted by molar-refractivity contribution is 6.39. The first-order chi connectivity index (χ1) is 8.16. The van der Waals surface area contributed by atoms with Gasteiger partial charge in [-0.15, -0.1) is 0 Å². The van der Waals surface area contributed by atoms with Crippen molar-refractivity contribution in [2.75, 3.05) is 17.6 Å². The summed E-state index contributed by atoms with van der Waals surface area (Å²) in [7, 11) is 0. The second-order valence-electron chi connectivity index (χ2n) is 3.37. The van der Waals surface area contributed by atoms with Gasteiger partial charge in [-0.05, 0) is 12.1 Å². The van der Waals surface area contributed by atoms with E-state index in [0.717, 1.165) is 0 Å². The Balaban J connectivity index is 1.99. The summed E-state index contributed by atoms with van der Waals surface area (Å²) in [6.45, 7) is 0.589. The van der Waals surface area contributed by atoms with Gasteiger partial charge in [-0.2, -0.15) is 4.98 Å². The summed E-state index contributed by atoms with van der Waals surface area (Å²) in [4.78, 5) is 3.90. The van der Waals surface area contributed by atoms with Crippen molar-refractivity contribution in [3.05, 3.63) is 34.4 Å².